The molecular formula is C32H27BrF3N3O2. The number of benzene rings is 3. The third kappa shape index (κ3) is 5.49. The summed E-state index contributed by atoms with van der Waals surface area (Å²) in [6.45, 7) is 4.16. The molecule has 1 heterocycles. The van der Waals surface area contributed by atoms with Crippen LogP contribution in [0, 0.1) is 25.2 Å². The predicted octanol–water partition coefficient (Wildman–Crippen LogP) is 7.97. The lowest BCUT2D eigenvalue weighted by atomic mass is 9.74. The van der Waals surface area contributed by atoms with E-state index in [9.17, 15) is 23.2 Å². The van der Waals surface area contributed by atoms with E-state index in [4.69, 9.17) is 10.5 Å². The molecule has 0 saturated heterocycles. The molecule has 5 nitrogen and oxygen atoms in total. The normalized spacial score (nSPS) is 17.4. The zero-order valence-electron chi connectivity index (χ0n) is 22.5. The summed E-state index contributed by atoms with van der Waals surface area (Å²) in [7, 11) is 0. The summed E-state index contributed by atoms with van der Waals surface area (Å²) in [6.07, 6.45) is -3.29. The smallest absolute Gasteiger partial charge is 0.416 e. The Morgan fingerprint density at radius 2 is 1.80 bits per heavy atom. The number of allylic oxidation sites excluding steroid dienone is 3. The van der Waals surface area contributed by atoms with Crippen LogP contribution in [0.15, 0.2) is 87.8 Å². The van der Waals surface area contributed by atoms with Crippen molar-refractivity contribution in [3.05, 3.63) is 116 Å². The highest BCUT2D eigenvalue weighted by atomic mass is 79.9. The molecule has 0 radical (unpaired) electrons. The zero-order valence-corrected chi connectivity index (χ0v) is 24.1. The van der Waals surface area contributed by atoms with E-state index in [1.165, 1.54) is 17.0 Å². The maximum Gasteiger partial charge on any atom is 0.416 e. The van der Waals surface area contributed by atoms with E-state index in [1.54, 1.807) is 0 Å². The number of nitriles is 1. The Balaban J connectivity index is 1.63. The largest absolute Gasteiger partial charge is 0.489 e. The van der Waals surface area contributed by atoms with Gasteiger partial charge in [0.1, 0.15) is 18.2 Å². The highest BCUT2D eigenvalue weighted by Gasteiger charge is 2.41. The minimum atomic E-state index is -4.56. The Bertz CT molecular complexity index is 1640. The highest BCUT2D eigenvalue weighted by molar-refractivity contribution is 9.10. The molecule has 0 aromatic heterocycles. The summed E-state index contributed by atoms with van der Waals surface area (Å²) >= 11 is 3.41. The minimum absolute atomic E-state index is 0.0258. The molecule has 41 heavy (non-hydrogen) atoms. The first-order chi connectivity index (χ1) is 19.5. The van der Waals surface area contributed by atoms with Crippen LogP contribution < -0.4 is 15.4 Å². The van der Waals surface area contributed by atoms with Crippen molar-refractivity contribution in [2.75, 3.05) is 4.90 Å². The summed E-state index contributed by atoms with van der Waals surface area (Å²) in [5, 5.41) is 10.4. The van der Waals surface area contributed by atoms with Crippen LogP contribution in [0.5, 0.6) is 5.75 Å². The van der Waals surface area contributed by atoms with Crippen LogP contribution in [-0.2, 0) is 17.6 Å². The summed E-state index contributed by atoms with van der Waals surface area (Å²) in [5.74, 6) is -0.158. The first kappa shape index (κ1) is 28.5. The maximum absolute atomic E-state index is 13.6. The number of halogens is 4. The molecule has 210 valence electrons. The fraction of sp³-hybridized carbons (Fsp3) is 0.250. The van der Waals surface area contributed by atoms with Gasteiger partial charge < -0.3 is 10.5 Å². The van der Waals surface area contributed by atoms with Crippen molar-refractivity contribution in [2.45, 2.75) is 51.8 Å². The van der Waals surface area contributed by atoms with Gasteiger partial charge >= 0.3 is 6.18 Å². The van der Waals surface area contributed by atoms with E-state index in [0.29, 0.717) is 29.9 Å². The van der Waals surface area contributed by atoms with Crippen molar-refractivity contribution in [3.63, 3.8) is 0 Å². The van der Waals surface area contributed by atoms with Crippen molar-refractivity contribution >= 4 is 27.4 Å². The van der Waals surface area contributed by atoms with Crippen molar-refractivity contribution in [2.24, 2.45) is 5.73 Å². The molecule has 5 rings (SSSR count). The average molecular weight is 622 g/mol. The molecule has 0 bridgehead atoms. The number of carbonyl (C=O) groups is 1. The van der Waals surface area contributed by atoms with Crippen LogP contribution in [0.25, 0.3) is 0 Å². The van der Waals surface area contributed by atoms with E-state index in [0.717, 1.165) is 38.9 Å². The molecule has 2 aliphatic rings. The Morgan fingerprint density at radius 1 is 1.07 bits per heavy atom. The number of anilines is 1. The van der Waals surface area contributed by atoms with Crippen molar-refractivity contribution in [1.29, 1.82) is 5.26 Å². The lowest BCUT2D eigenvalue weighted by molar-refractivity contribution is -0.137. The maximum atomic E-state index is 13.6. The molecule has 3 aromatic rings. The summed E-state index contributed by atoms with van der Waals surface area (Å²) in [6, 6.07) is 18.4. The van der Waals surface area contributed by atoms with Gasteiger partial charge in [-0.25, -0.2) is 0 Å². The third-order valence-electron chi connectivity index (χ3n) is 7.59. The van der Waals surface area contributed by atoms with E-state index in [1.807, 2.05) is 50.2 Å². The monoisotopic (exact) mass is 621 g/mol. The summed E-state index contributed by atoms with van der Waals surface area (Å²) in [4.78, 5) is 15.0. The van der Waals surface area contributed by atoms with Crippen molar-refractivity contribution in [3.8, 4) is 11.8 Å². The number of rotatable bonds is 5. The molecular weight excluding hydrogens is 595 g/mol. The second-order valence-corrected chi connectivity index (χ2v) is 11.2. The van der Waals surface area contributed by atoms with Gasteiger partial charge in [-0.15, -0.1) is 0 Å². The topological polar surface area (TPSA) is 79.4 Å². The van der Waals surface area contributed by atoms with E-state index >= 15 is 0 Å². The van der Waals surface area contributed by atoms with Gasteiger partial charge in [-0.1, -0.05) is 34.1 Å². The molecule has 1 aliphatic carbocycles. The Kier molecular flexibility index (Phi) is 7.71. The molecule has 2 N–H and O–H groups in total. The van der Waals surface area contributed by atoms with Gasteiger partial charge in [0.05, 0.1) is 23.1 Å². The molecule has 0 fully saturated rings. The number of Topliss-reactive ketones (excluding diaryl/α,β-unsaturated/α-hetero) is 1. The van der Waals surface area contributed by atoms with Crippen LogP contribution in [0.4, 0.5) is 18.9 Å². The second kappa shape index (κ2) is 11.1. The first-order valence-corrected chi connectivity index (χ1v) is 13.9. The molecule has 1 aliphatic heterocycles. The average Bonchev–Trinajstić information content (AvgIpc) is 2.93. The van der Waals surface area contributed by atoms with Crippen LogP contribution in [-0.4, -0.2) is 5.78 Å². The first-order valence-electron chi connectivity index (χ1n) is 13.1. The molecule has 0 spiro atoms. The molecule has 9 heteroatoms. The lowest BCUT2D eigenvalue weighted by Gasteiger charge is -2.40. The number of ether oxygens (including phenoxy) is 1. The number of alkyl halides is 3. The number of carbonyl (C=O) groups excluding carboxylic acids is 1. The van der Waals surface area contributed by atoms with Crippen molar-refractivity contribution < 1.29 is 22.7 Å². The molecule has 0 saturated carbocycles. The van der Waals surface area contributed by atoms with Crippen LogP contribution in [0.3, 0.4) is 0 Å². The molecule has 0 amide bonds. The van der Waals surface area contributed by atoms with Gasteiger partial charge in [0.25, 0.3) is 0 Å². The van der Waals surface area contributed by atoms with E-state index in [2.05, 4.69) is 22.0 Å². The van der Waals surface area contributed by atoms with Crippen molar-refractivity contribution in [1.82, 2.24) is 0 Å². The molecule has 3 aromatic carbocycles. The SMILES string of the molecule is Cc1cc(C)c(C2C(C#N)=C(N)N(c3cccc(C(F)(F)F)c3)C3=C2C(=O)CCC3)cc1COc1ccc(Br)cc1. The number of ketones is 1. The quantitative estimate of drug-likeness (QED) is 0.312. The van der Waals surface area contributed by atoms with Gasteiger partial charge in [-0.2, -0.15) is 18.4 Å². The minimum Gasteiger partial charge on any atom is -0.489 e. The number of nitrogens with zero attached hydrogens (tertiary/aromatic N) is 2. The van der Waals surface area contributed by atoms with Gasteiger partial charge in [0.15, 0.2) is 5.78 Å². The number of hydrogen-bond donors (Lipinski definition) is 1. The highest BCUT2D eigenvalue weighted by Crippen LogP contribution is 2.47. The van der Waals surface area contributed by atoms with E-state index in [-0.39, 0.29) is 35.9 Å². The third-order valence-corrected chi connectivity index (χ3v) is 8.12. The number of aryl methyl sites for hydroxylation is 2. The van der Waals surface area contributed by atoms with Gasteiger partial charge in [0.2, 0.25) is 0 Å². The fourth-order valence-corrected chi connectivity index (χ4v) is 5.85. The van der Waals surface area contributed by atoms with Gasteiger partial charge in [-0.05, 0) is 91.4 Å². The van der Waals surface area contributed by atoms with Crippen LogP contribution in [0.1, 0.15) is 53.0 Å². The number of hydrogen-bond acceptors (Lipinski definition) is 5. The zero-order chi connectivity index (χ0) is 29.5. The van der Waals surface area contributed by atoms with Crippen LogP contribution >= 0.6 is 15.9 Å². The Morgan fingerprint density at radius 3 is 2.49 bits per heavy atom. The van der Waals surface area contributed by atoms with Crippen LogP contribution in [0.2, 0.25) is 0 Å². The van der Waals surface area contributed by atoms with E-state index < -0.39 is 17.7 Å². The van der Waals surface area contributed by atoms with Gasteiger partial charge in [-0.3, -0.25) is 9.69 Å². The van der Waals surface area contributed by atoms with Gasteiger partial charge in [0, 0.05) is 27.9 Å². The summed E-state index contributed by atoms with van der Waals surface area (Å²) in [5.41, 5.74) is 10.5. The lowest BCUT2D eigenvalue weighted by Crippen LogP contribution is -2.39. The Labute approximate surface area is 244 Å². The molecule has 1 atom stereocenters. The second-order valence-electron chi connectivity index (χ2n) is 10.2. The Hall–Kier alpha value is -4.03. The standard InChI is InChI=1S/C32H27BrF3N3O2/c1-18-13-19(2)25(14-20(18)17-41-24-11-9-22(33)10-12-24)29-26(16-37)31(38)39(27-7-4-8-28(40)30(27)29)23-6-3-5-21(15-23)32(34,35)36/h3,5-6,9-15,29H,4,7-8,17,38H2,1-2H3. The number of nitrogens with two attached hydrogens (primary N) is 1. The fourth-order valence-electron chi connectivity index (χ4n) is 5.59. The summed E-state index contributed by atoms with van der Waals surface area (Å²) < 4.78 is 47.7. The molecule has 1 unspecified atom stereocenters. The predicted molar refractivity (Wildman–Crippen MR) is 154 cm³/mol.